The molecule has 114 valence electrons. The zero-order valence-electron chi connectivity index (χ0n) is 12.6. The Morgan fingerprint density at radius 1 is 1.24 bits per heavy atom. The SMILES string of the molecule is Cc1ccc(C(=O)O)c(C(=O)NC(C)(C)C(C)C(N)=O)c1. The molecular formula is C15H20N2O4. The fourth-order valence-electron chi connectivity index (χ4n) is 1.86. The van der Waals surface area contributed by atoms with Gasteiger partial charge >= 0.3 is 5.97 Å². The van der Waals surface area contributed by atoms with Crippen molar-refractivity contribution in [3.63, 3.8) is 0 Å². The lowest BCUT2D eigenvalue weighted by atomic mass is 9.88. The monoisotopic (exact) mass is 292 g/mol. The number of nitrogens with two attached hydrogens (primary N) is 1. The summed E-state index contributed by atoms with van der Waals surface area (Å²) in [5, 5.41) is 11.8. The first kappa shape index (κ1) is 16.7. The van der Waals surface area contributed by atoms with Crippen LogP contribution in [0.5, 0.6) is 0 Å². The number of benzene rings is 1. The second-order valence-electron chi connectivity index (χ2n) is 5.65. The van der Waals surface area contributed by atoms with Gasteiger partial charge in [0.2, 0.25) is 5.91 Å². The van der Waals surface area contributed by atoms with Crippen molar-refractivity contribution in [3.8, 4) is 0 Å². The molecule has 0 spiro atoms. The van der Waals surface area contributed by atoms with Gasteiger partial charge in [-0.2, -0.15) is 0 Å². The highest BCUT2D eigenvalue weighted by molar-refractivity contribution is 6.05. The first-order valence-corrected chi connectivity index (χ1v) is 6.52. The first-order valence-electron chi connectivity index (χ1n) is 6.52. The molecule has 1 rings (SSSR count). The van der Waals surface area contributed by atoms with Crippen molar-refractivity contribution in [1.82, 2.24) is 5.32 Å². The van der Waals surface area contributed by atoms with E-state index >= 15 is 0 Å². The van der Waals surface area contributed by atoms with E-state index in [9.17, 15) is 14.4 Å². The van der Waals surface area contributed by atoms with Crippen LogP contribution >= 0.6 is 0 Å². The topological polar surface area (TPSA) is 109 Å². The predicted octanol–water partition coefficient (Wildman–Crippen LogP) is 1.32. The van der Waals surface area contributed by atoms with Crippen molar-refractivity contribution >= 4 is 17.8 Å². The average molecular weight is 292 g/mol. The normalized spacial score (nSPS) is 12.6. The molecule has 0 saturated carbocycles. The maximum Gasteiger partial charge on any atom is 0.336 e. The zero-order valence-corrected chi connectivity index (χ0v) is 12.6. The summed E-state index contributed by atoms with van der Waals surface area (Å²) in [4.78, 5) is 34.8. The summed E-state index contributed by atoms with van der Waals surface area (Å²) >= 11 is 0. The summed E-state index contributed by atoms with van der Waals surface area (Å²) in [6, 6.07) is 4.51. The molecule has 6 nitrogen and oxygen atoms in total. The van der Waals surface area contributed by atoms with Crippen LogP contribution in [0.2, 0.25) is 0 Å². The van der Waals surface area contributed by atoms with Crippen molar-refractivity contribution in [1.29, 1.82) is 0 Å². The van der Waals surface area contributed by atoms with Crippen LogP contribution in [0.4, 0.5) is 0 Å². The highest BCUT2D eigenvalue weighted by atomic mass is 16.4. The summed E-state index contributed by atoms with van der Waals surface area (Å²) < 4.78 is 0. The van der Waals surface area contributed by atoms with Crippen LogP contribution in [0, 0.1) is 12.8 Å². The summed E-state index contributed by atoms with van der Waals surface area (Å²) in [5.74, 6) is -2.86. The van der Waals surface area contributed by atoms with Gasteiger partial charge < -0.3 is 16.2 Å². The summed E-state index contributed by atoms with van der Waals surface area (Å²) in [7, 11) is 0. The number of carbonyl (C=O) groups is 3. The molecule has 1 aromatic carbocycles. The minimum Gasteiger partial charge on any atom is -0.478 e. The Bertz CT molecular complexity index is 593. The number of nitrogens with one attached hydrogen (secondary N) is 1. The molecule has 0 bridgehead atoms. The number of carboxylic acid groups (broad SMARTS) is 1. The molecule has 0 saturated heterocycles. The minimum atomic E-state index is -1.18. The summed E-state index contributed by atoms with van der Waals surface area (Å²) in [6.07, 6.45) is 0. The van der Waals surface area contributed by atoms with Crippen molar-refractivity contribution in [2.75, 3.05) is 0 Å². The van der Waals surface area contributed by atoms with Gasteiger partial charge in [0.15, 0.2) is 0 Å². The Labute approximate surface area is 123 Å². The largest absolute Gasteiger partial charge is 0.478 e. The third kappa shape index (κ3) is 3.81. The first-order chi connectivity index (χ1) is 9.56. The van der Waals surface area contributed by atoms with Gasteiger partial charge in [-0.3, -0.25) is 9.59 Å². The molecule has 0 aliphatic rings. The number of amides is 2. The smallest absolute Gasteiger partial charge is 0.336 e. The molecule has 1 aromatic rings. The van der Waals surface area contributed by atoms with Crippen LogP contribution in [0.15, 0.2) is 18.2 Å². The Morgan fingerprint density at radius 2 is 1.81 bits per heavy atom. The molecule has 0 aliphatic heterocycles. The van der Waals surface area contributed by atoms with Gasteiger partial charge in [-0.05, 0) is 32.9 Å². The lowest BCUT2D eigenvalue weighted by molar-refractivity contribution is -0.123. The molecule has 2 amide bonds. The molecule has 0 heterocycles. The number of carboxylic acids is 1. The van der Waals surface area contributed by atoms with Gasteiger partial charge in [0.05, 0.1) is 17.0 Å². The molecule has 0 aromatic heterocycles. The number of primary amides is 1. The standard InChI is InChI=1S/C15H20N2O4/c1-8-5-6-10(14(20)21)11(7-8)13(19)17-15(3,4)9(2)12(16)18/h5-7,9H,1-4H3,(H2,16,18)(H,17,19)(H,20,21). The van der Waals surface area contributed by atoms with Gasteiger partial charge in [-0.1, -0.05) is 18.6 Å². The van der Waals surface area contributed by atoms with Crippen LogP contribution in [0.3, 0.4) is 0 Å². The van der Waals surface area contributed by atoms with Crippen molar-refractivity contribution in [2.45, 2.75) is 33.2 Å². The molecule has 0 aliphatic carbocycles. The average Bonchev–Trinajstić information content (AvgIpc) is 2.36. The van der Waals surface area contributed by atoms with Crippen LogP contribution in [0.25, 0.3) is 0 Å². The number of hydrogen-bond donors (Lipinski definition) is 3. The van der Waals surface area contributed by atoms with Crippen molar-refractivity contribution < 1.29 is 19.5 Å². The van der Waals surface area contributed by atoms with E-state index in [-0.39, 0.29) is 11.1 Å². The maximum atomic E-state index is 12.3. The van der Waals surface area contributed by atoms with E-state index in [2.05, 4.69) is 5.32 Å². The molecule has 4 N–H and O–H groups in total. The van der Waals surface area contributed by atoms with E-state index in [0.717, 1.165) is 5.56 Å². The van der Waals surface area contributed by atoms with Gasteiger partial charge in [-0.15, -0.1) is 0 Å². The highest BCUT2D eigenvalue weighted by Crippen LogP contribution is 2.18. The Morgan fingerprint density at radius 3 is 2.29 bits per heavy atom. The van der Waals surface area contributed by atoms with E-state index in [4.69, 9.17) is 10.8 Å². The number of hydrogen-bond acceptors (Lipinski definition) is 3. The van der Waals surface area contributed by atoms with E-state index in [1.54, 1.807) is 33.8 Å². The molecule has 6 heteroatoms. The molecule has 21 heavy (non-hydrogen) atoms. The maximum absolute atomic E-state index is 12.3. The van der Waals surface area contributed by atoms with E-state index in [1.165, 1.54) is 12.1 Å². The minimum absolute atomic E-state index is 0.0623. The third-order valence-corrected chi connectivity index (χ3v) is 3.60. The fraction of sp³-hybridized carbons (Fsp3) is 0.400. The number of rotatable bonds is 5. The predicted molar refractivity (Wildman–Crippen MR) is 78.0 cm³/mol. The Kier molecular flexibility index (Phi) is 4.73. The second kappa shape index (κ2) is 5.95. The Hall–Kier alpha value is -2.37. The fourth-order valence-corrected chi connectivity index (χ4v) is 1.86. The van der Waals surface area contributed by atoms with Gasteiger partial charge in [-0.25, -0.2) is 4.79 Å². The van der Waals surface area contributed by atoms with Crippen LogP contribution in [-0.4, -0.2) is 28.4 Å². The molecule has 0 fully saturated rings. The summed E-state index contributed by atoms with van der Waals surface area (Å²) in [5.41, 5.74) is 5.12. The number of aromatic carboxylic acids is 1. The van der Waals surface area contributed by atoms with Crippen molar-refractivity contribution in [3.05, 3.63) is 34.9 Å². The van der Waals surface area contributed by atoms with Gasteiger partial charge in [0.25, 0.3) is 5.91 Å². The van der Waals surface area contributed by atoms with Crippen molar-refractivity contribution in [2.24, 2.45) is 11.7 Å². The van der Waals surface area contributed by atoms with Crippen LogP contribution < -0.4 is 11.1 Å². The molecule has 1 unspecified atom stereocenters. The molecular weight excluding hydrogens is 272 g/mol. The number of aryl methyl sites for hydroxylation is 1. The van der Waals surface area contributed by atoms with Gasteiger partial charge in [0, 0.05) is 5.54 Å². The molecule has 0 radical (unpaired) electrons. The quantitative estimate of drug-likeness (QED) is 0.760. The second-order valence-corrected chi connectivity index (χ2v) is 5.65. The van der Waals surface area contributed by atoms with Gasteiger partial charge in [0.1, 0.15) is 0 Å². The van der Waals surface area contributed by atoms with E-state index in [0.29, 0.717) is 0 Å². The highest BCUT2D eigenvalue weighted by Gasteiger charge is 2.32. The van der Waals surface area contributed by atoms with Crippen LogP contribution in [-0.2, 0) is 4.79 Å². The number of carbonyl (C=O) groups excluding carboxylic acids is 2. The summed E-state index contributed by atoms with van der Waals surface area (Å²) in [6.45, 7) is 6.70. The Balaban J connectivity index is 3.13. The van der Waals surface area contributed by atoms with Crippen LogP contribution in [0.1, 0.15) is 47.1 Å². The zero-order chi connectivity index (χ0) is 16.4. The lowest BCUT2D eigenvalue weighted by Gasteiger charge is -2.31. The molecule has 1 atom stereocenters. The van der Waals surface area contributed by atoms with E-state index < -0.39 is 29.2 Å². The lowest BCUT2D eigenvalue weighted by Crippen LogP contribution is -2.52. The third-order valence-electron chi connectivity index (χ3n) is 3.60. The van der Waals surface area contributed by atoms with E-state index in [1.807, 2.05) is 0 Å².